The number of methoxy groups -OCH3 is 1. The number of phenols is 1. The van der Waals surface area contributed by atoms with E-state index in [2.05, 4.69) is 5.32 Å². The quantitative estimate of drug-likeness (QED) is 0.160. The summed E-state index contributed by atoms with van der Waals surface area (Å²) in [6.45, 7) is 2.37. The molecular formula is C35H37BN2O6. The smallest absolute Gasteiger partial charge is 0.455 e. The maximum Gasteiger partial charge on any atom is 0.455 e. The third kappa shape index (κ3) is 6.08. The predicted molar refractivity (Wildman–Crippen MR) is 171 cm³/mol. The van der Waals surface area contributed by atoms with Crippen molar-refractivity contribution in [3.8, 4) is 5.75 Å². The molecule has 9 heteroatoms. The number of para-hydroxylation sites is 1. The molecule has 0 radical (unpaired) electrons. The molecular weight excluding hydrogens is 555 g/mol. The van der Waals surface area contributed by atoms with Crippen molar-refractivity contribution < 1.29 is 29.1 Å². The van der Waals surface area contributed by atoms with Crippen LogP contribution in [0, 0.1) is 17.8 Å². The Balaban J connectivity index is 1.23. The number of carbonyl (C=O) groups excluding carboxylic acids is 2. The highest BCUT2D eigenvalue weighted by Gasteiger charge is 2.57. The fraction of sp³-hybridized carbons (Fsp3) is 0.314. The van der Waals surface area contributed by atoms with E-state index >= 15 is 0 Å². The van der Waals surface area contributed by atoms with Gasteiger partial charge in [-0.05, 0) is 104 Å². The number of hydrogen-bond acceptors (Lipinski definition) is 7. The van der Waals surface area contributed by atoms with Crippen LogP contribution in [0.4, 0.5) is 17.1 Å². The number of imide groups is 1. The van der Waals surface area contributed by atoms with Gasteiger partial charge in [0.15, 0.2) is 0 Å². The zero-order valence-corrected chi connectivity index (χ0v) is 25.0. The molecule has 226 valence electrons. The van der Waals surface area contributed by atoms with E-state index in [1.807, 2.05) is 61.5 Å². The van der Waals surface area contributed by atoms with Gasteiger partial charge in [0.25, 0.3) is 0 Å². The lowest BCUT2D eigenvalue weighted by Crippen LogP contribution is -2.46. The maximum absolute atomic E-state index is 14.0. The third-order valence-electron chi connectivity index (χ3n) is 8.90. The first-order valence-corrected chi connectivity index (χ1v) is 15.1. The Morgan fingerprint density at radius 2 is 1.77 bits per heavy atom. The highest BCUT2D eigenvalue weighted by Crippen LogP contribution is 2.51. The molecule has 2 saturated heterocycles. The lowest BCUT2D eigenvalue weighted by molar-refractivity contribution is -0.122. The molecule has 2 amide bonds. The molecule has 3 aliphatic rings. The van der Waals surface area contributed by atoms with E-state index in [9.17, 15) is 19.7 Å². The van der Waals surface area contributed by atoms with Gasteiger partial charge in [0, 0.05) is 18.5 Å². The summed E-state index contributed by atoms with van der Waals surface area (Å²) in [7, 11) is 0.593. The second kappa shape index (κ2) is 12.8. The van der Waals surface area contributed by atoms with Gasteiger partial charge < -0.3 is 24.8 Å². The molecule has 2 heterocycles. The van der Waals surface area contributed by atoms with Gasteiger partial charge in [0.1, 0.15) is 5.75 Å². The van der Waals surface area contributed by atoms with Gasteiger partial charge in [-0.15, -0.1) is 0 Å². The highest BCUT2D eigenvalue weighted by atomic mass is 16.5. The first-order valence-electron chi connectivity index (χ1n) is 15.1. The number of allylic oxidation sites excluding steroid dienone is 1. The third-order valence-corrected chi connectivity index (χ3v) is 8.90. The molecule has 0 spiro atoms. The molecule has 2 fully saturated rings. The molecule has 4 atom stereocenters. The number of carbonyl (C=O) groups is 2. The Bertz CT molecular complexity index is 1590. The summed E-state index contributed by atoms with van der Waals surface area (Å²) in [5, 5.41) is 24.0. The van der Waals surface area contributed by atoms with Crippen molar-refractivity contribution in [3.05, 3.63) is 101 Å². The Kier molecular flexibility index (Phi) is 8.71. The summed E-state index contributed by atoms with van der Waals surface area (Å²) < 4.78 is 11.7. The number of nitrogens with zero attached hydrogens (tertiary/aromatic N) is 1. The molecule has 3 aromatic carbocycles. The van der Waals surface area contributed by atoms with E-state index in [1.54, 1.807) is 37.4 Å². The van der Waals surface area contributed by atoms with E-state index in [-0.39, 0.29) is 29.8 Å². The van der Waals surface area contributed by atoms with E-state index in [1.165, 1.54) is 4.90 Å². The monoisotopic (exact) mass is 592 g/mol. The summed E-state index contributed by atoms with van der Waals surface area (Å²) in [6, 6.07) is 24.2. The number of amides is 2. The van der Waals surface area contributed by atoms with Gasteiger partial charge >= 0.3 is 7.12 Å². The number of nitrogens with one attached hydrogen (secondary N) is 1. The first-order chi connectivity index (χ1) is 21.3. The molecule has 0 aromatic heterocycles. The fourth-order valence-corrected chi connectivity index (χ4v) is 7.04. The van der Waals surface area contributed by atoms with E-state index < -0.39 is 25.1 Å². The van der Waals surface area contributed by atoms with Crippen LogP contribution in [-0.4, -0.2) is 48.9 Å². The summed E-state index contributed by atoms with van der Waals surface area (Å²) in [6.07, 6.45) is 3.60. The average molecular weight is 593 g/mol. The van der Waals surface area contributed by atoms with Gasteiger partial charge in [-0.3, -0.25) is 14.5 Å². The van der Waals surface area contributed by atoms with Gasteiger partial charge in [-0.1, -0.05) is 42.0 Å². The lowest BCUT2D eigenvalue weighted by Gasteiger charge is -2.43. The van der Waals surface area contributed by atoms with Crippen molar-refractivity contribution in [2.24, 2.45) is 17.8 Å². The van der Waals surface area contributed by atoms with Crippen molar-refractivity contribution in [1.29, 1.82) is 0 Å². The number of ether oxygens (including phenoxy) is 1. The molecule has 8 nitrogen and oxygen atoms in total. The minimum absolute atomic E-state index is 0.209. The summed E-state index contributed by atoms with van der Waals surface area (Å²) in [5.74, 6) is -1.62. The molecule has 0 bridgehead atoms. The Morgan fingerprint density at radius 1 is 1.02 bits per heavy atom. The number of anilines is 3. The highest BCUT2D eigenvalue weighted by molar-refractivity contribution is 6.43. The number of hydrogen-bond donors (Lipinski definition) is 3. The fourth-order valence-electron chi connectivity index (χ4n) is 7.04. The molecule has 6 rings (SSSR count). The van der Waals surface area contributed by atoms with Crippen LogP contribution in [0.2, 0.25) is 6.32 Å². The number of phenolic OH excluding ortho intramolecular Hbond substituents is 1. The lowest BCUT2D eigenvalue weighted by atomic mass is 9.58. The first kappa shape index (κ1) is 29.9. The zero-order chi connectivity index (χ0) is 30.8. The molecule has 44 heavy (non-hydrogen) atoms. The van der Waals surface area contributed by atoms with Crippen LogP contribution in [0.1, 0.15) is 31.7 Å². The van der Waals surface area contributed by atoms with E-state index in [0.717, 1.165) is 33.7 Å². The number of benzene rings is 3. The molecule has 0 saturated carbocycles. The molecule has 3 aromatic rings. The van der Waals surface area contributed by atoms with Crippen molar-refractivity contribution in [2.75, 3.05) is 23.9 Å². The Labute approximate surface area is 258 Å². The van der Waals surface area contributed by atoms with Crippen LogP contribution in [0.3, 0.4) is 0 Å². The van der Waals surface area contributed by atoms with Gasteiger partial charge in [0.05, 0.1) is 30.2 Å². The maximum atomic E-state index is 14.0. The molecule has 0 unspecified atom stereocenters. The predicted octanol–water partition coefficient (Wildman–Crippen LogP) is 5.97. The largest absolute Gasteiger partial charge is 0.508 e. The van der Waals surface area contributed by atoms with Gasteiger partial charge in [-0.25, -0.2) is 0 Å². The van der Waals surface area contributed by atoms with Crippen molar-refractivity contribution in [1.82, 2.24) is 0 Å². The number of fused-ring (bicyclic) bond motifs is 3. The van der Waals surface area contributed by atoms with Crippen molar-refractivity contribution >= 4 is 42.1 Å². The van der Waals surface area contributed by atoms with E-state index in [0.29, 0.717) is 31.6 Å². The second-order valence-electron chi connectivity index (χ2n) is 11.9. The topological polar surface area (TPSA) is 108 Å². The van der Waals surface area contributed by atoms with E-state index in [4.69, 9.17) is 9.39 Å². The number of rotatable bonds is 9. The summed E-state index contributed by atoms with van der Waals surface area (Å²) in [5.41, 5.74) is 6.32. The number of aromatic hydroxyl groups is 1. The molecule has 1 aliphatic carbocycles. The van der Waals surface area contributed by atoms with Crippen LogP contribution in [0.5, 0.6) is 5.75 Å². The van der Waals surface area contributed by atoms with Crippen LogP contribution >= 0.6 is 0 Å². The summed E-state index contributed by atoms with van der Waals surface area (Å²) >= 11 is 0. The van der Waals surface area contributed by atoms with Crippen LogP contribution in [0.25, 0.3) is 6.08 Å². The van der Waals surface area contributed by atoms with Crippen LogP contribution < -0.4 is 10.2 Å². The SMILES string of the molecule is COCC1=C2[C@@H](CC/C(C)=C/c3cccc(O)c3)OB(O)C[C@@H]2[C@@H]2C(=O)N(c3ccc(Nc4ccccc4)cc3)C(=O)[C@@H]2C1. The summed E-state index contributed by atoms with van der Waals surface area (Å²) in [4.78, 5) is 29.2. The van der Waals surface area contributed by atoms with Crippen molar-refractivity contribution in [2.45, 2.75) is 38.6 Å². The Hall–Kier alpha value is -4.18. The molecule has 2 aliphatic heterocycles. The average Bonchev–Trinajstić information content (AvgIpc) is 3.26. The second-order valence-corrected chi connectivity index (χ2v) is 11.9. The van der Waals surface area contributed by atoms with Gasteiger partial charge in [-0.2, -0.15) is 0 Å². The molecule has 3 N–H and O–H groups in total. The van der Waals surface area contributed by atoms with Crippen molar-refractivity contribution in [3.63, 3.8) is 0 Å². The normalized spacial score (nSPS) is 23.6. The zero-order valence-electron chi connectivity index (χ0n) is 25.0. The minimum atomic E-state index is -1.04. The van der Waals surface area contributed by atoms with Gasteiger partial charge in [0.2, 0.25) is 11.8 Å². The Morgan fingerprint density at radius 3 is 2.50 bits per heavy atom. The standard InChI is InChI=1S/C35H37BN2O6/c1-22(17-23-7-6-10-28(39)18-23)11-16-31-32-24(21-43-2)19-29-33(30(32)20-36(42)44-31)35(41)38(34(29)40)27-14-12-26(13-15-27)37-25-8-4-3-5-9-25/h3-10,12-15,17-18,29-31,33,37,39,42H,11,16,19-21H2,1-2H3/b22-17+/t29-,30+,31-,33-/m1/s1. The minimum Gasteiger partial charge on any atom is -0.508 e. The van der Waals surface area contributed by atoms with Crippen LogP contribution in [-0.2, 0) is 19.0 Å². The van der Waals surface area contributed by atoms with Crippen LogP contribution in [0.15, 0.2) is 95.6 Å².